The first-order valence-corrected chi connectivity index (χ1v) is 6.24. The molecule has 1 unspecified atom stereocenters. The van der Waals surface area contributed by atoms with Crippen molar-refractivity contribution >= 4 is 5.97 Å². The molecule has 0 fully saturated rings. The van der Waals surface area contributed by atoms with Crippen LogP contribution in [0.5, 0.6) is 0 Å². The van der Waals surface area contributed by atoms with Crippen molar-refractivity contribution in [3.63, 3.8) is 0 Å². The van der Waals surface area contributed by atoms with Crippen molar-refractivity contribution in [2.75, 3.05) is 0 Å². The molecule has 3 N–H and O–H groups in total. The first kappa shape index (κ1) is 13.7. The summed E-state index contributed by atoms with van der Waals surface area (Å²) in [5, 5.41) is 0. The van der Waals surface area contributed by atoms with Crippen LogP contribution in [0.25, 0.3) is 0 Å². The number of esters is 1. The standard InChI is InChI=1S/C14H21NO2/c1-3-12(4-2)17-14(16)13(15)10-11-8-6-5-7-9-11/h5-9,12-13H,3-4,10,15H2,1-2H3/p+1. The summed E-state index contributed by atoms with van der Waals surface area (Å²) in [6, 6.07) is 9.58. The van der Waals surface area contributed by atoms with E-state index in [-0.39, 0.29) is 18.1 Å². The number of hydrogen-bond acceptors (Lipinski definition) is 2. The van der Waals surface area contributed by atoms with Gasteiger partial charge in [-0.1, -0.05) is 44.2 Å². The monoisotopic (exact) mass is 236 g/mol. The lowest BCUT2D eigenvalue weighted by Gasteiger charge is -2.15. The molecule has 0 heterocycles. The van der Waals surface area contributed by atoms with Gasteiger partial charge in [-0.05, 0) is 18.4 Å². The van der Waals surface area contributed by atoms with Gasteiger partial charge in [-0.3, -0.25) is 0 Å². The van der Waals surface area contributed by atoms with Crippen LogP contribution in [0.4, 0.5) is 0 Å². The molecule has 1 rings (SSSR count). The van der Waals surface area contributed by atoms with Crippen LogP contribution in [0.15, 0.2) is 30.3 Å². The molecule has 0 saturated carbocycles. The quantitative estimate of drug-likeness (QED) is 0.762. The predicted octanol–water partition coefficient (Wildman–Crippen LogP) is 1.57. The normalized spacial score (nSPS) is 12.5. The third kappa shape index (κ3) is 4.57. The van der Waals surface area contributed by atoms with Crippen LogP contribution in [0.1, 0.15) is 32.3 Å². The highest BCUT2D eigenvalue weighted by atomic mass is 16.5. The van der Waals surface area contributed by atoms with Gasteiger partial charge in [0.2, 0.25) is 0 Å². The van der Waals surface area contributed by atoms with E-state index in [0.29, 0.717) is 6.42 Å². The van der Waals surface area contributed by atoms with E-state index in [4.69, 9.17) is 4.74 Å². The van der Waals surface area contributed by atoms with Gasteiger partial charge in [-0.2, -0.15) is 0 Å². The molecule has 0 aromatic heterocycles. The van der Waals surface area contributed by atoms with Gasteiger partial charge in [0.15, 0.2) is 6.04 Å². The molecule has 3 nitrogen and oxygen atoms in total. The van der Waals surface area contributed by atoms with E-state index in [0.717, 1.165) is 18.4 Å². The number of carbonyl (C=O) groups is 1. The summed E-state index contributed by atoms with van der Waals surface area (Å²) >= 11 is 0. The Morgan fingerprint density at radius 1 is 1.24 bits per heavy atom. The zero-order valence-electron chi connectivity index (χ0n) is 10.7. The second kappa shape index (κ2) is 7.07. The molecule has 1 atom stereocenters. The maximum absolute atomic E-state index is 11.8. The Balaban J connectivity index is 2.47. The molecular weight excluding hydrogens is 214 g/mol. The fourth-order valence-electron chi connectivity index (χ4n) is 1.70. The Hall–Kier alpha value is -1.35. The van der Waals surface area contributed by atoms with Crippen molar-refractivity contribution in [1.29, 1.82) is 0 Å². The Bertz CT molecular complexity index is 333. The SMILES string of the molecule is CCC(CC)OC(=O)C([NH3+])Cc1ccccc1. The molecule has 0 bridgehead atoms. The molecule has 0 aliphatic carbocycles. The van der Waals surface area contributed by atoms with Crippen molar-refractivity contribution in [3.05, 3.63) is 35.9 Å². The van der Waals surface area contributed by atoms with E-state index in [9.17, 15) is 4.79 Å². The Morgan fingerprint density at radius 2 is 1.82 bits per heavy atom. The van der Waals surface area contributed by atoms with E-state index < -0.39 is 0 Å². The lowest BCUT2D eigenvalue weighted by Crippen LogP contribution is -2.66. The average molecular weight is 236 g/mol. The first-order valence-electron chi connectivity index (χ1n) is 6.24. The van der Waals surface area contributed by atoms with Crippen LogP contribution < -0.4 is 5.73 Å². The predicted molar refractivity (Wildman–Crippen MR) is 67.3 cm³/mol. The van der Waals surface area contributed by atoms with Gasteiger partial charge in [-0.25, -0.2) is 4.79 Å². The highest BCUT2D eigenvalue weighted by Gasteiger charge is 2.21. The second-order valence-electron chi connectivity index (χ2n) is 4.26. The molecule has 1 aromatic carbocycles. The van der Waals surface area contributed by atoms with Crippen LogP contribution >= 0.6 is 0 Å². The van der Waals surface area contributed by atoms with Crippen molar-refractivity contribution in [1.82, 2.24) is 0 Å². The van der Waals surface area contributed by atoms with E-state index in [1.54, 1.807) is 0 Å². The molecule has 0 spiro atoms. The summed E-state index contributed by atoms with van der Waals surface area (Å²) in [5.41, 5.74) is 5.00. The second-order valence-corrected chi connectivity index (χ2v) is 4.26. The van der Waals surface area contributed by atoms with E-state index >= 15 is 0 Å². The smallest absolute Gasteiger partial charge is 0.365 e. The zero-order chi connectivity index (χ0) is 12.7. The maximum Gasteiger partial charge on any atom is 0.365 e. The molecule has 94 valence electrons. The Kier molecular flexibility index (Phi) is 5.70. The topological polar surface area (TPSA) is 53.9 Å². The van der Waals surface area contributed by atoms with E-state index in [2.05, 4.69) is 5.73 Å². The molecule has 3 heteroatoms. The third-order valence-corrected chi connectivity index (χ3v) is 2.85. The molecule has 0 amide bonds. The first-order chi connectivity index (χ1) is 8.17. The zero-order valence-corrected chi connectivity index (χ0v) is 10.7. The fourth-order valence-corrected chi connectivity index (χ4v) is 1.70. The van der Waals surface area contributed by atoms with Crippen LogP contribution in [-0.4, -0.2) is 18.1 Å². The lowest BCUT2D eigenvalue weighted by molar-refractivity contribution is -0.408. The van der Waals surface area contributed by atoms with Gasteiger partial charge in [0, 0.05) is 6.42 Å². The van der Waals surface area contributed by atoms with Gasteiger partial charge in [-0.15, -0.1) is 0 Å². The highest BCUT2D eigenvalue weighted by molar-refractivity contribution is 5.74. The number of ether oxygens (including phenoxy) is 1. The van der Waals surface area contributed by atoms with Gasteiger partial charge >= 0.3 is 5.97 Å². The number of quaternary nitrogens is 1. The largest absolute Gasteiger partial charge is 0.458 e. The van der Waals surface area contributed by atoms with Crippen molar-refractivity contribution in [3.8, 4) is 0 Å². The van der Waals surface area contributed by atoms with Crippen molar-refractivity contribution in [2.45, 2.75) is 45.3 Å². The summed E-state index contributed by atoms with van der Waals surface area (Å²) in [5.74, 6) is -0.192. The summed E-state index contributed by atoms with van der Waals surface area (Å²) < 4.78 is 5.38. The maximum atomic E-state index is 11.8. The molecule has 17 heavy (non-hydrogen) atoms. The van der Waals surface area contributed by atoms with E-state index in [1.165, 1.54) is 0 Å². The third-order valence-electron chi connectivity index (χ3n) is 2.85. The summed E-state index contributed by atoms with van der Waals surface area (Å²) in [6.45, 7) is 4.05. The molecule has 0 saturated heterocycles. The number of carbonyl (C=O) groups excluding carboxylic acids is 1. The van der Waals surface area contributed by atoms with Crippen molar-refractivity contribution < 1.29 is 15.3 Å². The van der Waals surface area contributed by atoms with Crippen LogP contribution in [0.2, 0.25) is 0 Å². The number of hydrogen-bond donors (Lipinski definition) is 1. The molecule has 0 radical (unpaired) electrons. The van der Waals surface area contributed by atoms with Gasteiger partial charge in [0.05, 0.1) is 0 Å². The van der Waals surface area contributed by atoms with Crippen LogP contribution in [0.3, 0.4) is 0 Å². The van der Waals surface area contributed by atoms with E-state index in [1.807, 2.05) is 44.2 Å². The molecular formula is C14H22NO2+. The minimum absolute atomic E-state index is 0.0301. The minimum atomic E-state index is -0.321. The van der Waals surface area contributed by atoms with Crippen molar-refractivity contribution in [2.24, 2.45) is 0 Å². The molecule has 1 aromatic rings. The van der Waals surface area contributed by atoms with Gasteiger partial charge in [0.1, 0.15) is 6.10 Å². The summed E-state index contributed by atoms with van der Waals surface area (Å²) in [6.07, 6.45) is 2.39. The molecule has 0 aliphatic heterocycles. The Labute approximate surface area is 103 Å². The number of rotatable bonds is 6. The van der Waals surface area contributed by atoms with Crippen LogP contribution in [-0.2, 0) is 16.0 Å². The minimum Gasteiger partial charge on any atom is -0.458 e. The average Bonchev–Trinajstić information content (AvgIpc) is 2.36. The lowest BCUT2D eigenvalue weighted by atomic mass is 10.1. The fraction of sp³-hybridized carbons (Fsp3) is 0.500. The highest BCUT2D eigenvalue weighted by Crippen LogP contribution is 2.06. The Morgan fingerprint density at radius 3 is 2.35 bits per heavy atom. The summed E-state index contributed by atoms with van der Waals surface area (Å²) in [4.78, 5) is 11.8. The summed E-state index contributed by atoms with van der Waals surface area (Å²) in [7, 11) is 0. The molecule has 0 aliphatic rings. The van der Waals surface area contributed by atoms with Gasteiger partial charge < -0.3 is 10.5 Å². The van der Waals surface area contributed by atoms with Crippen LogP contribution in [0, 0.1) is 0 Å². The van der Waals surface area contributed by atoms with Gasteiger partial charge in [0.25, 0.3) is 0 Å². The number of benzene rings is 1.